The van der Waals surface area contributed by atoms with Crippen molar-refractivity contribution in [1.82, 2.24) is 4.90 Å². The maximum Gasteiger partial charge on any atom is 0.290 e. The number of likely N-dealkylation sites (tertiary alicyclic amines) is 1. The van der Waals surface area contributed by atoms with E-state index in [-0.39, 0.29) is 30.3 Å². The van der Waals surface area contributed by atoms with Gasteiger partial charge in [-0.3, -0.25) is 14.4 Å². The number of anilines is 1. The predicted molar refractivity (Wildman–Crippen MR) is 110 cm³/mol. The molecule has 4 atom stereocenters. The van der Waals surface area contributed by atoms with Crippen molar-refractivity contribution in [1.29, 1.82) is 0 Å². The Kier molecular flexibility index (Phi) is 6.81. The number of hydrogen-bond donors (Lipinski definition) is 3. The van der Waals surface area contributed by atoms with Crippen molar-refractivity contribution in [3.8, 4) is 0 Å². The van der Waals surface area contributed by atoms with Crippen molar-refractivity contribution in [3.05, 3.63) is 24.3 Å². The fourth-order valence-electron chi connectivity index (χ4n) is 4.75. The van der Waals surface area contributed by atoms with Gasteiger partial charge in [-0.05, 0) is 30.7 Å². The molecule has 3 aliphatic rings. The van der Waals surface area contributed by atoms with E-state index in [1.54, 1.807) is 16.7 Å². The van der Waals surface area contributed by atoms with Crippen LogP contribution in [0.25, 0.3) is 0 Å². The van der Waals surface area contributed by atoms with Gasteiger partial charge >= 0.3 is 0 Å². The van der Waals surface area contributed by atoms with Crippen LogP contribution in [-0.2, 0) is 19.1 Å². The molecular weight excluding hydrogens is 394 g/mol. The number of para-hydroxylation sites is 1. The summed E-state index contributed by atoms with van der Waals surface area (Å²) in [5.41, 5.74) is 5.96. The number of nitrogens with one attached hydrogen (secondary N) is 1. The number of rotatable bonds is 6. The number of carbonyl (C=O) groups excluding carboxylic acids is 2. The molecule has 3 heterocycles. The molecule has 3 aliphatic heterocycles. The molecule has 0 aliphatic carbocycles. The predicted octanol–water partition coefficient (Wildman–Crippen LogP) is 1.40. The smallest absolute Gasteiger partial charge is 0.290 e. The van der Waals surface area contributed by atoms with Crippen LogP contribution in [0, 0.1) is 11.8 Å². The van der Waals surface area contributed by atoms with Crippen LogP contribution >= 0.6 is 11.8 Å². The standard InChI is InChI=1S/C19H25N3O3S.CH2O2/c1-2-26-14-6-4-3-5-12(14)21-17(23)15-13-7-8-19(25-13)11-22(10-9-20)18(24)16(15)19;2-1-3/h3-6,13,15-16H,2,7-11,20H2,1H3,(H,21,23);1H,(H,2,3)/t13-,15-,16+,19-;/m0./s1. The van der Waals surface area contributed by atoms with E-state index in [9.17, 15) is 9.59 Å². The minimum absolute atomic E-state index is 0.0222. The highest BCUT2D eigenvalue weighted by Gasteiger charge is 2.68. The average molecular weight is 422 g/mol. The van der Waals surface area contributed by atoms with Gasteiger partial charge in [-0.1, -0.05) is 19.1 Å². The molecule has 8 nitrogen and oxygen atoms in total. The SMILES string of the molecule is CCSc1ccccc1NC(=O)[C@H]1[C@@H]2CC[C@@]3(CN(CCN)C(=O)[C@@H]13)O2.O=CO. The molecule has 4 rings (SSSR count). The molecule has 0 aromatic heterocycles. The van der Waals surface area contributed by atoms with Gasteiger partial charge in [0.1, 0.15) is 0 Å². The van der Waals surface area contributed by atoms with Crippen molar-refractivity contribution in [2.45, 2.75) is 36.4 Å². The zero-order valence-corrected chi connectivity index (χ0v) is 17.2. The van der Waals surface area contributed by atoms with Gasteiger partial charge in [0.2, 0.25) is 11.8 Å². The summed E-state index contributed by atoms with van der Waals surface area (Å²) < 4.78 is 6.21. The number of hydrogen-bond acceptors (Lipinski definition) is 6. The first kappa shape index (κ1) is 21.6. The summed E-state index contributed by atoms with van der Waals surface area (Å²) in [7, 11) is 0. The normalized spacial score (nSPS) is 29.2. The Morgan fingerprint density at radius 1 is 1.48 bits per heavy atom. The average Bonchev–Trinajstić information content (AvgIpc) is 3.33. The van der Waals surface area contributed by atoms with Crippen LogP contribution < -0.4 is 11.1 Å². The Bertz CT molecular complexity index is 776. The lowest BCUT2D eigenvalue weighted by atomic mass is 9.73. The van der Waals surface area contributed by atoms with E-state index in [0.717, 1.165) is 29.2 Å². The van der Waals surface area contributed by atoms with Crippen LogP contribution in [-0.4, -0.2) is 65.4 Å². The molecule has 29 heavy (non-hydrogen) atoms. The molecule has 1 aromatic carbocycles. The number of benzene rings is 1. The number of fused-ring (bicyclic) bond motifs is 1. The van der Waals surface area contributed by atoms with Crippen molar-refractivity contribution in [2.24, 2.45) is 17.6 Å². The Hall–Kier alpha value is -2.10. The lowest BCUT2D eigenvalue weighted by Gasteiger charge is -2.27. The molecule has 2 amide bonds. The molecule has 4 N–H and O–H groups in total. The van der Waals surface area contributed by atoms with E-state index in [0.29, 0.717) is 19.6 Å². The summed E-state index contributed by atoms with van der Waals surface area (Å²) in [5.74, 6) is 0.0561. The zero-order chi connectivity index (χ0) is 21.0. The Morgan fingerprint density at radius 3 is 2.90 bits per heavy atom. The van der Waals surface area contributed by atoms with Crippen LogP contribution in [0.15, 0.2) is 29.2 Å². The second-order valence-corrected chi connectivity index (χ2v) is 8.64. The number of ether oxygens (including phenoxy) is 1. The second kappa shape index (κ2) is 9.15. The maximum absolute atomic E-state index is 13.1. The van der Waals surface area contributed by atoms with Crippen LogP contribution in [0.5, 0.6) is 0 Å². The quantitative estimate of drug-likeness (QED) is 0.469. The molecule has 1 aromatic rings. The van der Waals surface area contributed by atoms with Crippen molar-refractivity contribution >= 4 is 35.7 Å². The lowest BCUT2D eigenvalue weighted by molar-refractivity contribution is -0.136. The van der Waals surface area contributed by atoms with Gasteiger partial charge in [0.15, 0.2) is 0 Å². The minimum Gasteiger partial charge on any atom is -0.483 e. The summed E-state index contributed by atoms with van der Waals surface area (Å²) >= 11 is 1.69. The first-order valence-electron chi connectivity index (χ1n) is 9.78. The van der Waals surface area contributed by atoms with Gasteiger partial charge in [-0.15, -0.1) is 11.8 Å². The third-order valence-corrected chi connectivity index (χ3v) is 6.70. The third-order valence-electron chi connectivity index (χ3n) is 5.75. The number of nitrogens with two attached hydrogens (primary N) is 1. The first-order valence-corrected chi connectivity index (χ1v) is 10.8. The van der Waals surface area contributed by atoms with E-state index < -0.39 is 11.5 Å². The molecule has 9 heteroatoms. The van der Waals surface area contributed by atoms with Crippen LogP contribution in [0.1, 0.15) is 19.8 Å². The van der Waals surface area contributed by atoms with Gasteiger partial charge in [0, 0.05) is 18.0 Å². The minimum atomic E-state index is -0.489. The highest BCUT2D eigenvalue weighted by Crippen LogP contribution is 2.55. The van der Waals surface area contributed by atoms with E-state index in [1.165, 1.54) is 0 Å². The molecule has 3 saturated heterocycles. The molecule has 0 radical (unpaired) electrons. The summed E-state index contributed by atoms with van der Waals surface area (Å²) in [6.07, 6.45) is 1.53. The van der Waals surface area contributed by atoms with E-state index in [1.807, 2.05) is 24.3 Å². The van der Waals surface area contributed by atoms with E-state index in [4.69, 9.17) is 20.4 Å². The van der Waals surface area contributed by atoms with Crippen molar-refractivity contribution in [2.75, 3.05) is 30.7 Å². The maximum atomic E-state index is 13.1. The van der Waals surface area contributed by atoms with E-state index >= 15 is 0 Å². The second-order valence-electron chi connectivity index (χ2n) is 7.34. The van der Waals surface area contributed by atoms with Crippen LogP contribution in [0.2, 0.25) is 0 Å². The topological polar surface area (TPSA) is 122 Å². The van der Waals surface area contributed by atoms with E-state index in [2.05, 4.69) is 12.2 Å². The number of carbonyl (C=O) groups is 3. The highest BCUT2D eigenvalue weighted by atomic mass is 32.2. The molecule has 158 valence electrons. The number of thioether (sulfide) groups is 1. The first-order chi connectivity index (χ1) is 14.0. The lowest BCUT2D eigenvalue weighted by Crippen LogP contribution is -2.43. The number of amides is 2. The van der Waals surface area contributed by atoms with Crippen molar-refractivity contribution < 1.29 is 24.2 Å². The van der Waals surface area contributed by atoms with Gasteiger partial charge in [-0.25, -0.2) is 0 Å². The summed E-state index contributed by atoms with van der Waals surface area (Å²) in [6.45, 7) is 3.35. The Labute approximate surface area is 174 Å². The summed E-state index contributed by atoms with van der Waals surface area (Å²) in [6, 6.07) is 7.80. The highest BCUT2D eigenvalue weighted by molar-refractivity contribution is 7.99. The van der Waals surface area contributed by atoms with Gasteiger partial charge in [-0.2, -0.15) is 0 Å². The molecule has 1 spiro atoms. The number of carboxylic acid groups (broad SMARTS) is 1. The Balaban J connectivity index is 0.000000755. The van der Waals surface area contributed by atoms with Crippen LogP contribution in [0.3, 0.4) is 0 Å². The molecule has 0 saturated carbocycles. The third kappa shape index (κ3) is 3.99. The largest absolute Gasteiger partial charge is 0.483 e. The fourth-order valence-corrected chi connectivity index (χ4v) is 5.51. The van der Waals surface area contributed by atoms with Crippen LogP contribution in [0.4, 0.5) is 5.69 Å². The van der Waals surface area contributed by atoms with Gasteiger partial charge in [0.25, 0.3) is 6.47 Å². The number of nitrogens with zero attached hydrogens (tertiary/aromatic N) is 1. The summed E-state index contributed by atoms with van der Waals surface area (Å²) in [4.78, 5) is 37.2. The molecule has 0 unspecified atom stereocenters. The van der Waals surface area contributed by atoms with Gasteiger partial charge in [0.05, 0.1) is 35.8 Å². The molecule has 3 fully saturated rings. The molecular formula is C20H27N3O5S. The molecule has 2 bridgehead atoms. The Morgan fingerprint density at radius 2 is 2.21 bits per heavy atom. The fraction of sp³-hybridized carbons (Fsp3) is 0.550. The monoisotopic (exact) mass is 421 g/mol. The summed E-state index contributed by atoms with van der Waals surface area (Å²) in [5, 5.41) is 9.95. The van der Waals surface area contributed by atoms with Gasteiger partial charge < -0.3 is 25.8 Å². The van der Waals surface area contributed by atoms with Crippen molar-refractivity contribution in [3.63, 3.8) is 0 Å². The zero-order valence-electron chi connectivity index (χ0n) is 16.4.